The van der Waals surface area contributed by atoms with Gasteiger partial charge in [-0.3, -0.25) is 18.6 Å². The molecule has 0 spiro atoms. The Labute approximate surface area is 233 Å². The molecule has 1 amide bonds. The van der Waals surface area contributed by atoms with Crippen LogP contribution in [0.15, 0.2) is 42.4 Å². The summed E-state index contributed by atoms with van der Waals surface area (Å²) in [5.41, 5.74) is 1.67. The van der Waals surface area contributed by atoms with E-state index < -0.39 is 20.0 Å². The Morgan fingerprint density at radius 1 is 1.27 bits per heavy atom. The highest BCUT2D eigenvalue weighted by atomic mass is 32.1. The average molecular weight is 588 g/mol. The summed E-state index contributed by atoms with van der Waals surface area (Å²) < 4.78 is 24.4. The molecule has 212 valence electrons. The number of phosphoric acid groups is 1. The summed E-state index contributed by atoms with van der Waals surface area (Å²) in [5.74, 6) is -0.0382. The Hall–Kier alpha value is -3.33. The zero-order valence-electron chi connectivity index (χ0n) is 21.8. The second kappa shape index (κ2) is 12.0. The molecule has 4 aromatic heterocycles. The number of aromatic nitrogens is 7. The zero-order valence-corrected chi connectivity index (χ0v) is 23.5. The number of nitrogens with zero attached hydrogens (tertiary/aromatic N) is 7. The second-order valence-electron chi connectivity index (χ2n) is 9.20. The largest absolute Gasteiger partial charge is 0.756 e. The van der Waals surface area contributed by atoms with E-state index in [0.717, 1.165) is 25.7 Å². The average Bonchev–Trinajstić information content (AvgIpc) is 3.68. The topological polar surface area (TPSA) is 182 Å². The second-order valence-corrected chi connectivity index (χ2v) is 11.2. The molecule has 1 fully saturated rings. The summed E-state index contributed by atoms with van der Waals surface area (Å²) in [6.07, 6.45) is 10.9. The standard InChI is InChI=1S/C24H29N8O6PS/c1-3-37-18-7-5-17(6-8-18)32-13-19(21(30-32)22-25-9-4-10-26-22)28-23(33)20-14-40-24(29-20)16-11-27-31(12-16)15(2)38-39(34,35)36/h4,9-15,17-18H,3,5-8H2,1-2H3,(H,28,33)(H2,34,35,36)/p-1. The van der Waals surface area contributed by atoms with Gasteiger partial charge in [0, 0.05) is 42.3 Å². The van der Waals surface area contributed by atoms with Gasteiger partial charge in [0.05, 0.1) is 24.0 Å². The van der Waals surface area contributed by atoms with E-state index >= 15 is 0 Å². The van der Waals surface area contributed by atoms with E-state index in [9.17, 15) is 14.3 Å². The molecule has 0 radical (unpaired) electrons. The molecular weight excluding hydrogens is 559 g/mol. The first-order chi connectivity index (χ1) is 19.2. The monoisotopic (exact) mass is 587 g/mol. The van der Waals surface area contributed by atoms with E-state index in [1.165, 1.54) is 35.3 Å². The van der Waals surface area contributed by atoms with Crippen molar-refractivity contribution in [3.05, 3.63) is 48.1 Å². The van der Waals surface area contributed by atoms with Crippen LogP contribution in [0.2, 0.25) is 0 Å². The van der Waals surface area contributed by atoms with Crippen LogP contribution in [-0.2, 0) is 13.8 Å². The molecule has 1 aliphatic rings. The lowest BCUT2D eigenvalue weighted by Crippen LogP contribution is -2.24. The van der Waals surface area contributed by atoms with E-state index in [4.69, 9.17) is 14.7 Å². The fourth-order valence-corrected chi connectivity index (χ4v) is 5.81. The molecule has 1 saturated carbocycles. The molecule has 14 nitrogen and oxygen atoms in total. The first-order valence-corrected chi connectivity index (χ1v) is 15.1. The van der Waals surface area contributed by atoms with Gasteiger partial charge in [-0.15, -0.1) is 11.3 Å². The molecule has 16 heteroatoms. The summed E-state index contributed by atoms with van der Waals surface area (Å²) in [7, 11) is -4.93. The summed E-state index contributed by atoms with van der Waals surface area (Å²) >= 11 is 1.22. The summed E-state index contributed by atoms with van der Waals surface area (Å²) in [4.78, 5) is 46.2. The third-order valence-corrected chi connectivity index (χ3v) is 7.88. The quantitative estimate of drug-likeness (QED) is 0.259. The molecule has 0 aromatic carbocycles. The van der Waals surface area contributed by atoms with E-state index in [-0.39, 0.29) is 17.8 Å². The van der Waals surface area contributed by atoms with Gasteiger partial charge >= 0.3 is 0 Å². The maximum absolute atomic E-state index is 13.2. The van der Waals surface area contributed by atoms with Crippen molar-refractivity contribution in [2.75, 3.05) is 11.9 Å². The number of hydrogen-bond donors (Lipinski definition) is 2. The fourth-order valence-electron chi connectivity index (χ4n) is 4.55. The van der Waals surface area contributed by atoms with Crippen molar-refractivity contribution in [2.24, 2.45) is 0 Å². The predicted octanol–water partition coefficient (Wildman–Crippen LogP) is 3.43. The number of thiazole rings is 1. The Kier molecular flexibility index (Phi) is 8.49. The van der Waals surface area contributed by atoms with Crippen molar-refractivity contribution in [2.45, 2.75) is 57.9 Å². The van der Waals surface area contributed by atoms with Crippen LogP contribution in [0.3, 0.4) is 0 Å². The third kappa shape index (κ3) is 6.69. The van der Waals surface area contributed by atoms with Crippen molar-refractivity contribution in [1.29, 1.82) is 0 Å². The van der Waals surface area contributed by atoms with E-state index in [1.807, 2.05) is 17.8 Å². The molecule has 0 bridgehead atoms. The number of nitrogens with one attached hydrogen (secondary N) is 1. The van der Waals surface area contributed by atoms with Crippen molar-refractivity contribution in [1.82, 2.24) is 34.5 Å². The van der Waals surface area contributed by atoms with Gasteiger partial charge in [-0.1, -0.05) is 0 Å². The van der Waals surface area contributed by atoms with Gasteiger partial charge in [-0.2, -0.15) is 10.2 Å². The van der Waals surface area contributed by atoms with Gasteiger partial charge in [-0.25, -0.2) is 19.6 Å². The smallest absolute Gasteiger partial charge is 0.275 e. The van der Waals surface area contributed by atoms with Crippen LogP contribution in [0.25, 0.3) is 22.1 Å². The highest BCUT2D eigenvalue weighted by molar-refractivity contribution is 7.44. The molecule has 0 saturated heterocycles. The molecular formula is C24H28N8O6PS-. The Balaban J connectivity index is 1.33. The molecule has 2 unspecified atom stereocenters. The van der Waals surface area contributed by atoms with E-state index in [2.05, 4.69) is 29.9 Å². The van der Waals surface area contributed by atoms with Gasteiger partial charge in [0.25, 0.3) is 13.7 Å². The lowest BCUT2D eigenvalue weighted by atomic mass is 9.93. The van der Waals surface area contributed by atoms with Crippen molar-refractivity contribution in [3.8, 4) is 22.1 Å². The van der Waals surface area contributed by atoms with Crippen LogP contribution in [0.1, 0.15) is 62.3 Å². The molecule has 0 aliphatic heterocycles. The van der Waals surface area contributed by atoms with Crippen molar-refractivity contribution < 1.29 is 28.4 Å². The van der Waals surface area contributed by atoms with Gasteiger partial charge < -0.3 is 19.8 Å². The zero-order chi connectivity index (χ0) is 28.3. The van der Waals surface area contributed by atoms with Gasteiger partial charge in [0.2, 0.25) is 0 Å². The SMILES string of the molecule is CCOC1CCC(n2cc(NC(=O)c3csc(-c4cnn(C(C)OP(=O)([O-])O)c4)n3)c(-c3ncccn3)n2)CC1. The van der Waals surface area contributed by atoms with Crippen molar-refractivity contribution >= 4 is 30.8 Å². The van der Waals surface area contributed by atoms with Crippen LogP contribution >= 0.6 is 19.2 Å². The van der Waals surface area contributed by atoms with Crippen LogP contribution in [0.5, 0.6) is 0 Å². The maximum Gasteiger partial charge on any atom is 0.275 e. The van der Waals surface area contributed by atoms with Gasteiger partial charge in [-0.05, 0) is 45.6 Å². The van der Waals surface area contributed by atoms with Gasteiger partial charge in [0.15, 0.2) is 17.7 Å². The van der Waals surface area contributed by atoms with E-state index in [1.54, 1.807) is 23.8 Å². The Bertz CT molecular complexity index is 1490. The normalized spacial score (nSPS) is 19.7. The minimum Gasteiger partial charge on any atom is -0.756 e. The number of anilines is 1. The summed E-state index contributed by atoms with van der Waals surface area (Å²) in [5, 5.41) is 13.8. The minimum atomic E-state index is -4.93. The molecule has 4 aromatic rings. The van der Waals surface area contributed by atoms with Crippen LogP contribution in [0.4, 0.5) is 5.69 Å². The predicted molar refractivity (Wildman–Crippen MR) is 143 cm³/mol. The Morgan fingerprint density at radius 2 is 2.02 bits per heavy atom. The third-order valence-electron chi connectivity index (χ3n) is 6.42. The lowest BCUT2D eigenvalue weighted by molar-refractivity contribution is -0.226. The van der Waals surface area contributed by atoms with Crippen LogP contribution in [-0.4, -0.2) is 58.0 Å². The lowest BCUT2D eigenvalue weighted by Gasteiger charge is -2.28. The van der Waals surface area contributed by atoms with Crippen LogP contribution in [0, 0.1) is 0 Å². The number of carbonyl (C=O) groups is 1. The molecule has 40 heavy (non-hydrogen) atoms. The number of hydrogen-bond acceptors (Lipinski definition) is 11. The molecule has 5 rings (SSSR count). The number of carbonyl (C=O) groups excluding carboxylic acids is 1. The fraction of sp³-hybridized carbons (Fsp3) is 0.417. The highest BCUT2D eigenvalue weighted by Crippen LogP contribution is 2.36. The molecule has 2 atom stereocenters. The first-order valence-electron chi connectivity index (χ1n) is 12.7. The minimum absolute atomic E-state index is 0.167. The number of ether oxygens (including phenoxy) is 1. The number of rotatable bonds is 10. The number of phosphoric ester groups is 1. The van der Waals surface area contributed by atoms with Crippen LogP contribution < -0.4 is 10.2 Å². The van der Waals surface area contributed by atoms with Gasteiger partial charge in [0.1, 0.15) is 10.7 Å². The number of amides is 1. The first kappa shape index (κ1) is 28.2. The molecule has 1 aliphatic carbocycles. The maximum atomic E-state index is 13.2. The molecule has 4 heterocycles. The van der Waals surface area contributed by atoms with Crippen molar-refractivity contribution in [3.63, 3.8) is 0 Å². The Morgan fingerprint density at radius 3 is 2.73 bits per heavy atom. The van der Waals surface area contributed by atoms with E-state index in [0.29, 0.717) is 34.4 Å². The molecule has 2 N–H and O–H groups in total. The summed E-state index contributed by atoms with van der Waals surface area (Å²) in [6, 6.07) is 1.88. The summed E-state index contributed by atoms with van der Waals surface area (Å²) in [6.45, 7) is 4.12. The highest BCUT2D eigenvalue weighted by Gasteiger charge is 2.26.